The molecule has 9 nitrogen and oxygen atoms in total. The molecule has 1 atom stereocenters. The molecule has 0 aromatic carbocycles. The molecule has 20 heavy (non-hydrogen) atoms. The van der Waals surface area contributed by atoms with Crippen LogP contribution in [-0.2, 0) is 11.3 Å². The van der Waals surface area contributed by atoms with Crippen molar-refractivity contribution in [2.24, 2.45) is 5.73 Å². The van der Waals surface area contributed by atoms with Crippen molar-refractivity contribution < 1.29 is 9.90 Å². The van der Waals surface area contributed by atoms with Crippen molar-refractivity contribution in [2.45, 2.75) is 32.4 Å². The lowest BCUT2D eigenvalue weighted by molar-refractivity contribution is -0.125. The number of primary amides is 1. The summed E-state index contributed by atoms with van der Waals surface area (Å²) in [6, 6.07) is 0. The van der Waals surface area contributed by atoms with Crippen molar-refractivity contribution >= 4 is 17.4 Å². The van der Waals surface area contributed by atoms with Gasteiger partial charge in [-0.15, -0.1) is 0 Å². The largest absolute Gasteiger partial charge is 0.383 e. The van der Waals surface area contributed by atoms with Gasteiger partial charge in [-0.3, -0.25) is 19.1 Å². The van der Waals surface area contributed by atoms with Crippen LogP contribution in [-0.4, -0.2) is 33.2 Å². The standard InChI is InChI=1S/C11H19N5O4/c1-2-3-4-16-8(12)7(10(19)15-11(16)20)14-5-6(17)9(13)18/h6,14,17H,2-5,12H2,1H3,(H2,13,18)(H,15,19,20). The highest BCUT2D eigenvalue weighted by atomic mass is 16.3. The maximum Gasteiger partial charge on any atom is 0.330 e. The van der Waals surface area contributed by atoms with Crippen molar-refractivity contribution in [3.8, 4) is 0 Å². The summed E-state index contributed by atoms with van der Waals surface area (Å²) in [6.07, 6.45) is 0.123. The summed E-state index contributed by atoms with van der Waals surface area (Å²) >= 11 is 0. The van der Waals surface area contributed by atoms with Gasteiger partial charge in [0.2, 0.25) is 5.91 Å². The fourth-order valence-electron chi connectivity index (χ4n) is 1.60. The number of aliphatic hydroxyl groups excluding tert-OH is 1. The number of hydrogen-bond acceptors (Lipinski definition) is 6. The minimum atomic E-state index is -1.45. The third-order valence-corrected chi connectivity index (χ3v) is 2.78. The van der Waals surface area contributed by atoms with E-state index in [4.69, 9.17) is 11.5 Å². The van der Waals surface area contributed by atoms with E-state index in [2.05, 4.69) is 10.3 Å². The van der Waals surface area contributed by atoms with E-state index < -0.39 is 23.3 Å². The van der Waals surface area contributed by atoms with Gasteiger partial charge in [0.15, 0.2) is 0 Å². The molecule has 1 rings (SSSR count). The number of H-pyrrole nitrogens is 1. The quantitative estimate of drug-likeness (QED) is 0.397. The van der Waals surface area contributed by atoms with Gasteiger partial charge >= 0.3 is 5.69 Å². The Hall–Kier alpha value is -2.29. The van der Waals surface area contributed by atoms with Crippen molar-refractivity contribution in [3.05, 3.63) is 20.8 Å². The van der Waals surface area contributed by atoms with E-state index >= 15 is 0 Å². The van der Waals surface area contributed by atoms with E-state index in [0.717, 1.165) is 12.8 Å². The summed E-state index contributed by atoms with van der Waals surface area (Å²) in [4.78, 5) is 36.1. The number of aromatic amines is 1. The number of aliphatic hydroxyl groups is 1. The third-order valence-electron chi connectivity index (χ3n) is 2.78. The van der Waals surface area contributed by atoms with E-state index in [0.29, 0.717) is 6.54 Å². The number of carbonyl (C=O) groups is 1. The Morgan fingerprint density at radius 3 is 2.70 bits per heavy atom. The summed E-state index contributed by atoms with van der Waals surface area (Å²) in [6.45, 7) is 2.05. The first kappa shape index (κ1) is 15.8. The second-order valence-corrected chi connectivity index (χ2v) is 4.32. The summed E-state index contributed by atoms with van der Waals surface area (Å²) < 4.78 is 1.23. The average Bonchev–Trinajstić information content (AvgIpc) is 2.37. The van der Waals surface area contributed by atoms with Crippen molar-refractivity contribution in [1.29, 1.82) is 0 Å². The minimum absolute atomic E-state index is 0.0381. The van der Waals surface area contributed by atoms with Crippen molar-refractivity contribution in [3.63, 3.8) is 0 Å². The zero-order valence-electron chi connectivity index (χ0n) is 11.2. The maximum absolute atomic E-state index is 11.7. The van der Waals surface area contributed by atoms with Crippen molar-refractivity contribution in [1.82, 2.24) is 9.55 Å². The van der Waals surface area contributed by atoms with Gasteiger partial charge in [-0.1, -0.05) is 13.3 Å². The van der Waals surface area contributed by atoms with Crippen LogP contribution in [0.4, 0.5) is 11.5 Å². The topological polar surface area (TPSA) is 156 Å². The smallest absolute Gasteiger partial charge is 0.330 e. The summed E-state index contributed by atoms with van der Waals surface area (Å²) in [7, 11) is 0. The molecule has 0 saturated carbocycles. The van der Waals surface area contributed by atoms with Gasteiger partial charge in [0.25, 0.3) is 5.56 Å². The molecular weight excluding hydrogens is 266 g/mol. The molecule has 0 aliphatic heterocycles. The second-order valence-electron chi connectivity index (χ2n) is 4.32. The molecule has 1 unspecified atom stereocenters. The number of nitrogens with two attached hydrogens (primary N) is 2. The van der Waals surface area contributed by atoms with Crippen LogP contribution in [0, 0.1) is 0 Å². The molecule has 0 radical (unpaired) electrons. The number of nitrogen functional groups attached to an aromatic ring is 1. The SMILES string of the molecule is CCCCn1c(N)c(NCC(O)C(N)=O)c(=O)[nH]c1=O. The van der Waals surface area contributed by atoms with Crippen LogP contribution in [0.1, 0.15) is 19.8 Å². The number of nitrogens with one attached hydrogen (secondary N) is 2. The second kappa shape index (κ2) is 6.75. The van der Waals surface area contributed by atoms with Crippen LogP contribution in [0.15, 0.2) is 9.59 Å². The van der Waals surface area contributed by atoms with Crippen LogP contribution < -0.4 is 28.0 Å². The zero-order valence-corrected chi connectivity index (χ0v) is 11.2. The first-order valence-electron chi connectivity index (χ1n) is 6.22. The lowest BCUT2D eigenvalue weighted by Crippen LogP contribution is -2.38. The lowest BCUT2D eigenvalue weighted by atomic mass is 10.3. The molecule has 1 aromatic heterocycles. The number of unbranched alkanes of at least 4 members (excludes halogenated alkanes) is 1. The van der Waals surface area contributed by atoms with Crippen molar-refractivity contribution in [2.75, 3.05) is 17.6 Å². The predicted octanol–water partition coefficient (Wildman–Crippen LogP) is -1.82. The first-order chi connectivity index (χ1) is 9.38. The van der Waals surface area contributed by atoms with Crippen LogP contribution in [0.25, 0.3) is 0 Å². The van der Waals surface area contributed by atoms with Crippen LogP contribution >= 0.6 is 0 Å². The summed E-state index contributed by atoms with van der Waals surface area (Å²) in [5.74, 6) is -0.962. The number of rotatable bonds is 7. The molecule has 1 aromatic rings. The fraction of sp³-hybridized carbons (Fsp3) is 0.545. The summed E-state index contributed by atoms with van der Waals surface area (Å²) in [5.41, 5.74) is 9.29. The molecule has 7 N–H and O–H groups in total. The highest BCUT2D eigenvalue weighted by molar-refractivity contribution is 5.79. The fourth-order valence-corrected chi connectivity index (χ4v) is 1.60. The Balaban J connectivity index is 3.04. The molecule has 1 amide bonds. The lowest BCUT2D eigenvalue weighted by Gasteiger charge is -2.14. The Labute approximate surface area is 114 Å². The maximum atomic E-state index is 11.7. The highest BCUT2D eigenvalue weighted by Gasteiger charge is 2.15. The van der Waals surface area contributed by atoms with Gasteiger partial charge in [-0.2, -0.15) is 0 Å². The molecule has 0 aliphatic carbocycles. The van der Waals surface area contributed by atoms with E-state index in [9.17, 15) is 19.5 Å². The third kappa shape index (κ3) is 3.60. The average molecular weight is 285 g/mol. The van der Waals surface area contributed by atoms with E-state index in [-0.39, 0.29) is 18.1 Å². The van der Waals surface area contributed by atoms with Gasteiger partial charge in [0.1, 0.15) is 17.6 Å². The number of hydrogen-bond donors (Lipinski definition) is 5. The number of nitrogens with zero attached hydrogens (tertiary/aromatic N) is 1. The van der Waals surface area contributed by atoms with Gasteiger partial charge in [0, 0.05) is 6.54 Å². The minimum Gasteiger partial charge on any atom is -0.383 e. The van der Waals surface area contributed by atoms with Crippen LogP contribution in [0.2, 0.25) is 0 Å². The van der Waals surface area contributed by atoms with E-state index in [1.165, 1.54) is 4.57 Å². The van der Waals surface area contributed by atoms with Gasteiger partial charge in [0.05, 0.1) is 6.54 Å². The number of anilines is 2. The molecule has 0 bridgehead atoms. The molecular formula is C11H19N5O4. The predicted molar refractivity (Wildman–Crippen MR) is 74.3 cm³/mol. The van der Waals surface area contributed by atoms with Crippen LogP contribution in [0.3, 0.4) is 0 Å². The monoisotopic (exact) mass is 285 g/mol. The van der Waals surface area contributed by atoms with Gasteiger partial charge < -0.3 is 21.9 Å². The van der Waals surface area contributed by atoms with E-state index in [1.807, 2.05) is 6.92 Å². The molecule has 0 fully saturated rings. The Kier molecular flexibility index (Phi) is 5.32. The van der Waals surface area contributed by atoms with Crippen LogP contribution in [0.5, 0.6) is 0 Å². The van der Waals surface area contributed by atoms with Gasteiger partial charge in [-0.25, -0.2) is 4.79 Å². The van der Waals surface area contributed by atoms with E-state index in [1.54, 1.807) is 0 Å². The number of carbonyl (C=O) groups excluding carboxylic acids is 1. The first-order valence-corrected chi connectivity index (χ1v) is 6.22. The zero-order chi connectivity index (χ0) is 15.3. The number of aromatic nitrogens is 2. The normalized spacial score (nSPS) is 12.1. The molecule has 0 saturated heterocycles. The molecule has 9 heteroatoms. The Morgan fingerprint density at radius 2 is 2.15 bits per heavy atom. The Morgan fingerprint density at radius 1 is 1.50 bits per heavy atom. The number of amides is 1. The molecule has 0 aliphatic rings. The molecule has 0 spiro atoms. The summed E-state index contributed by atoms with van der Waals surface area (Å²) in [5, 5.41) is 11.8. The molecule has 1 heterocycles. The van der Waals surface area contributed by atoms with Gasteiger partial charge in [-0.05, 0) is 6.42 Å². The Bertz CT molecular complexity index is 591. The molecule has 112 valence electrons. The highest BCUT2D eigenvalue weighted by Crippen LogP contribution is 2.10.